The average molecular weight is 315 g/mol. The molecule has 1 rings (SSSR count). The number of nitrogens with one attached hydrogen (secondary N) is 1. The van der Waals surface area contributed by atoms with Crippen LogP contribution in [0.15, 0.2) is 18.2 Å². The molecule has 120 valence electrons. The minimum absolute atomic E-state index is 0.0840. The van der Waals surface area contributed by atoms with Gasteiger partial charge in [-0.3, -0.25) is 0 Å². The molecule has 1 N–H and O–H groups in total. The van der Waals surface area contributed by atoms with Gasteiger partial charge in [0.1, 0.15) is 21.3 Å². The Morgan fingerprint density at radius 2 is 1.71 bits per heavy atom. The second kappa shape index (κ2) is 8.24. The van der Waals surface area contributed by atoms with Gasteiger partial charge in [-0.15, -0.1) is 0 Å². The van der Waals surface area contributed by atoms with Crippen LogP contribution in [0.25, 0.3) is 0 Å². The lowest BCUT2D eigenvalue weighted by Gasteiger charge is -2.19. The van der Waals surface area contributed by atoms with Gasteiger partial charge in [0.2, 0.25) is 0 Å². The van der Waals surface area contributed by atoms with Crippen LogP contribution in [0.2, 0.25) is 0 Å². The summed E-state index contributed by atoms with van der Waals surface area (Å²) in [5.41, 5.74) is 1.04. The molecule has 0 aliphatic rings. The van der Waals surface area contributed by atoms with Crippen molar-refractivity contribution in [3.63, 3.8) is 0 Å². The molecule has 0 radical (unpaired) electrons. The van der Waals surface area contributed by atoms with E-state index < -0.39 is 9.84 Å². The molecule has 0 aromatic heterocycles. The number of methoxy groups -OCH3 is 2. The molecular weight excluding hydrogens is 290 g/mol. The topological polar surface area (TPSA) is 64.6 Å². The molecule has 0 amide bonds. The summed E-state index contributed by atoms with van der Waals surface area (Å²) >= 11 is 0. The molecule has 5 nitrogen and oxygen atoms in total. The molecule has 0 heterocycles. The SMILES string of the molecule is CCNC(CCCS(C)(=O)=O)c1cc(OC)cc(OC)c1. The molecule has 0 aliphatic carbocycles. The van der Waals surface area contributed by atoms with Crippen molar-refractivity contribution in [3.05, 3.63) is 23.8 Å². The number of rotatable bonds is 9. The van der Waals surface area contributed by atoms with E-state index in [4.69, 9.17) is 9.47 Å². The summed E-state index contributed by atoms with van der Waals surface area (Å²) in [5.74, 6) is 1.67. The van der Waals surface area contributed by atoms with E-state index in [1.54, 1.807) is 14.2 Å². The van der Waals surface area contributed by atoms with Gasteiger partial charge in [-0.1, -0.05) is 6.92 Å². The quantitative estimate of drug-likeness (QED) is 0.756. The van der Waals surface area contributed by atoms with Crippen LogP contribution in [0.3, 0.4) is 0 Å². The highest BCUT2D eigenvalue weighted by atomic mass is 32.2. The summed E-state index contributed by atoms with van der Waals surface area (Å²) in [6, 6.07) is 5.82. The fraction of sp³-hybridized carbons (Fsp3) is 0.600. The summed E-state index contributed by atoms with van der Waals surface area (Å²) < 4.78 is 33.1. The van der Waals surface area contributed by atoms with Gasteiger partial charge in [-0.05, 0) is 37.1 Å². The van der Waals surface area contributed by atoms with E-state index in [-0.39, 0.29) is 11.8 Å². The minimum Gasteiger partial charge on any atom is -0.497 e. The fourth-order valence-electron chi connectivity index (χ4n) is 2.21. The first kappa shape index (κ1) is 17.8. The van der Waals surface area contributed by atoms with Gasteiger partial charge in [0.05, 0.1) is 14.2 Å². The lowest BCUT2D eigenvalue weighted by atomic mass is 10.0. The lowest BCUT2D eigenvalue weighted by molar-refractivity contribution is 0.390. The fourth-order valence-corrected chi connectivity index (χ4v) is 2.90. The minimum atomic E-state index is -2.92. The number of sulfone groups is 1. The van der Waals surface area contributed by atoms with Crippen molar-refractivity contribution in [2.45, 2.75) is 25.8 Å². The highest BCUT2D eigenvalue weighted by Crippen LogP contribution is 2.28. The van der Waals surface area contributed by atoms with E-state index in [2.05, 4.69) is 5.32 Å². The van der Waals surface area contributed by atoms with Crippen molar-refractivity contribution in [3.8, 4) is 11.5 Å². The standard InChI is InChI=1S/C15H25NO4S/c1-5-16-15(7-6-8-21(4,17)18)12-9-13(19-2)11-14(10-12)20-3/h9-11,15-16H,5-8H2,1-4H3. The monoisotopic (exact) mass is 315 g/mol. The van der Waals surface area contributed by atoms with E-state index >= 15 is 0 Å². The Labute approximate surface area is 127 Å². The molecule has 0 aliphatic heterocycles. The van der Waals surface area contributed by atoms with Crippen LogP contribution in [-0.4, -0.2) is 41.2 Å². The van der Waals surface area contributed by atoms with Crippen molar-refractivity contribution >= 4 is 9.84 Å². The van der Waals surface area contributed by atoms with Gasteiger partial charge in [0.15, 0.2) is 0 Å². The molecule has 0 saturated carbocycles. The number of hydrogen-bond donors (Lipinski definition) is 1. The largest absolute Gasteiger partial charge is 0.497 e. The van der Waals surface area contributed by atoms with Crippen molar-refractivity contribution in [1.29, 1.82) is 0 Å². The first-order valence-electron chi connectivity index (χ1n) is 7.03. The molecule has 0 spiro atoms. The summed E-state index contributed by atoms with van der Waals surface area (Å²) in [4.78, 5) is 0. The van der Waals surface area contributed by atoms with Crippen LogP contribution in [0, 0.1) is 0 Å². The smallest absolute Gasteiger partial charge is 0.147 e. The molecule has 21 heavy (non-hydrogen) atoms. The van der Waals surface area contributed by atoms with E-state index in [9.17, 15) is 8.42 Å². The van der Waals surface area contributed by atoms with Crippen LogP contribution in [0.5, 0.6) is 11.5 Å². The third kappa shape index (κ3) is 6.35. The van der Waals surface area contributed by atoms with Crippen LogP contribution < -0.4 is 14.8 Å². The summed E-state index contributed by atoms with van der Waals surface area (Å²) in [6.45, 7) is 2.84. The molecule has 1 atom stereocenters. The van der Waals surface area contributed by atoms with Crippen molar-refractivity contribution in [2.24, 2.45) is 0 Å². The molecule has 0 fully saturated rings. The van der Waals surface area contributed by atoms with Crippen LogP contribution in [-0.2, 0) is 9.84 Å². The van der Waals surface area contributed by atoms with Gasteiger partial charge in [-0.2, -0.15) is 0 Å². The highest BCUT2D eigenvalue weighted by molar-refractivity contribution is 7.90. The van der Waals surface area contributed by atoms with Gasteiger partial charge < -0.3 is 14.8 Å². The van der Waals surface area contributed by atoms with Gasteiger partial charge in [0.25, 0.3) is 0 Å². The molecule has 0 saturated heterocycles. The zero-order valence-corrected chi connectivity index (χ0v) is 14.0. The molecular formula is C15H25NO4S. The summed E-state index contributed by atoms with van der Waals surface area (Å²) in [7, 11) is 0.311. The van der Waals surface area contributed by atoms with Gasteiger partial charge >= 0.3 is 0 Å². The van der Waals surface area contributed by atoms with Gasteiger partial charge in [0, 0.05) is 24.1 Å². The van der Waals surface area contributed by atoms with Crippen LogP contribution >= 0.6 is 0 Å². The van der Waals surface area contributed by atoms with Crippen molar-refractivity contribution in [1.82, 2.24) is 5.32 Å². The van der Waals surface area contributed by atoms with Crippen molar-refractivity contribution < 1.29 is 17.9 Å². The van der Waals surface area contributed by atoms with E-state index in [0.29, 0.717) is 6.42 Å². The Morgan fingerprint density at radius 3 is 2.14 bits per heavy atom. The second-order valence-corrected chi connectivity index (χ2v) is 7.29. The molecule has 1 aromatic rings. The van der Waals surface area contributed by atoms with E-state index in [1.165, 1.54) is 6.26 Å². The molecule has 1 aromatic carbocycles. The average Bonchev–Trinajstić information content (AvgIpc) is 2.44. The zero-order valence-electron chi connectivity index (χ0n) is 13.2. The van der Waals surface area contributed by atoms with E-state index in [1.807, 2.05) is 25.1 Å². The molecule has 1 unspecified atom stereocenters. The first-order chi connectivity index (χ1) is 9.89. The number of benzene rings is 1. The Bertz CT molecular complexity index is 520. The summed E-state index contributed by atoms with van der Waals surface area (Å²) in [5, 5.41) is 3.38. The third-order valence-corrected chi connectivity index (χ3v) is 4.26. The number of ether oxygens (including phenoxy) is 2. The Balaban J connectivity index is 2.88. The Morgan fingerprint density at radius 1 is 1.14 bits per heavy atom. The highest BCUT2D eigenvalue weighted by Gasteiger charge is 2.14. The maximum Gasteiger partial charge on any atom is 0.147 e. The predicted octanol–water partition coefficient (Wildman–Crippen LogP) is 2.18. The molecule has 6 heteroatoms. The maximum atomic E-state index is 11.2. The lowest BCUT2D eigenvalue weighted by Crippen LogP contribution is -2.21. The van der Waals surface area contributed by atoms with Crippen LogP contribution in [0.1, 0.15) is 31.4 Å². The third-order valence-electron chi connectivity index (χ3n) is 3.23. The Kier molecular flexibility index (Phi) is 6.98. The first-order valence-corrected chi connectivity index (χ1v) is 9.09. The predicted molar refractivity (Wildman–Crippen MR) is 84.9 cm³/mol. The molecule has 0 bridgehead atoms. The van der Waals surface area contributed by atoms with Crippen LogP contribution in [0.4, 0.5) is 0 Å². The number of hydrogen-bond acceptors (Lipinski definition) is 5. The zero-order chi connectivity index (χ0) is 15.9. The Hall–Kier alpha value is -1.27. The summed E-state index contributed by atoms with van der Waals surface area (Å²) in [6.07, 6.45) is 2.64. The van der Waals surface area contributed by atoms with Gasteiger partial charge in [-0.25, -0.2) is 8.42 Å². The second-order valence-electron chi connectivity index (χ2n) is 5.03. The van der Waals surface area contributed by atoms with Crippen molar-refractivity contribution in [2.75, 3.05) is 32.8 Å². The normalized spacial score (nSPS) is 13.0. The van der Waals surface area contributed by atoms with E-state index in [0.717, 1.165) is 30.0 Å². The maximum absolute atomic E-state index is 11.2.